The van der Waals surface area contributed by atoms with Crippen molar-refractivity contribution in [2.45, 2.75) is 31.2 Å². The van der Waals surface area contributed by atoms with E-state index in [4.69, 9.17) is 23.2 Å². The number of fused-ring (bicyclic) bond motifs is 1. The molecule has 2 aromatic rings. The molecule has 2 aliphatic heterocycles. The molecule has 26 heavy (non-hydrogen) atoms. The predicted octanol–water partition coefficient (Wildman–Crippen LogP) is 3.84. The van der Waals surface area contributed by atoms with Gasteiger partial charge >= 0.3 is 0 Å². The second-order valence-electron chi connectivity index (χ2n) is 7.07. The normalized spacial score (nSPS) is 19.8. The fraction of sp³-hybridized carbons (Fsp3) is 0.444. The highest BCUT2D eigenvalue weighted by atomic mass is 35.5. The van der Waals surface area contributed by atoms with Gasteiger partial charge in [0.25, 0.3) is 5.91 Å². The van der Waals surface area contributed by atoms with Gasteiger partial charge in [-0.05, 0) is 31.4 Å². The summed E-state index contributed by atoms with van der Waals surface area (Å²) >= 11 is 12.3. The van der Waals surface area contributed by atoms with E-state index in [1.54, 1.807) is 4.90 Å². The lowest BCUT2D eigenvalue weighted by Crippen LogP contribution is -2.52. The number of piperidine rings is 1. The van der Waals surface area contributed by atoms with Gasteiger partial charge in [-0.25, -0.2) is 4.39 Å². The van der Waals surface area contributed by atoms with Gasteiger partial charge in [-0.1, -0.05) is 23.2 Å². The quantitative estimate of drug-likeness (QED) is 0.794. The maximum Gasteiger partial charge on any atom is 0.271 e. The highest BCUT2D eigenvalue weighted by Gasteiger charge is 2.45. The first-order valence-electron chi connectivity index (χ1n) is 8.55. The van der Waals surface area contributed by atoms with Gasteiger partial charge in [-0.2, -0.15) is 0 Å². The number of hydrogen-bond donors (Lipinski definition) is 1. The van der Waals surface area contributed by atoms with Crippen LogP contribution >= 0.6 is 23.2 Å². The van der Waals surface area contributed by atoms with Crippen molar-refractivity contribution in [3.05, 3.63) is 33.7 Å². The first-order valence-corrected chi connectivity index (χ1v) is 9.31. The van der Waals surface area contributed by atoms with Crippen LogP contribution in [-0.2, 0) is 4.79 Å². The van der Waals surface area contributed by atoms with E-state index in [1.165, 1.54) is 12.1 Å². The number of aromatic nitrogens is 1. The van der Waals surface area contributed by atoms with Crippen LogP contribution in [0.15, 0.2) is 12.1 Å². The first-order chi connectivity index (χ1) is 12.3. The smallest absolute Gasteiger partial charge is 0.271 e. The molecule has 1 aromatic heterocycles. The Bertz CT molecular complexity index is 919. The van der Waals surface area contributed by atoms with Gasteiger partial charge in [0.1, 0.15) is 11.5 Å². The number of nitrogens with one attached hydrogen (secondary N) is 1. The summed E-state index contributed by atoms with van der Waals surface area (Å²) in [5.74, 6) is -0.641. The van der Waals surface area contributed by atoms with Crippen LogP contribution in [0.5, 0.6) is 0 Å². The second kappa shape index (κ2) is 6.13. The highest BCUT2D eigenvalue weighted by Crippen LogP contribution is 2.39. The van der Waals surface area contributed by atoms with Gasteiger partial charge in [0.15, 0.2) is 0 Å². The molecule has 1 spiro atoms. The Balaban J connectivity index is 1.58. The molecule has 5 nitrogen and oxygen atoms in total. The topological polar surface area (TPSA) is 56.4 Å². The summed E-state index contributed by atoms with van der Waals surface area (Å²) in [6, 6.07) is 2.76. The van der Waals surface area contributed by atoms with Crippen LogP contribution in [0.2, 0.25) is 10.0 Å². The Kier molecular flexibility index (Phi) is 4.15. The molecule has 1 aromatic carbocycles. The number of carbonyl (C=O) groups is 2. The summed E-state index contributed by atoms with van der Waals surface area (Å²) in [5.41, 5.74) is 0.616. The molecular formula is C18H18Cl2FN3O2. The van der Waals surface area contributed by atoms with Gasteiger partial charge in [-0.3, -0.25) is 9.59 Å². The molecule has 4 rings (SSSR count). The molecule has 8 heteroatoms. The number of benzene rings is 1. The molecule has 2 saturated heterocycles. The van der Waals surface area contributed by atoms with Crippen LogP contribution in [0.1, 0.15) is 36.2 Å². The number of amides is 2. The molecule has 0 atom stereocenters. The van der Waals surface area contributed by atoms with Gasteiger partial charge in [0.2, 0.25) is 5.91 Å². The molecule has 0 aliphatic carbocycles. The third-order valence-electron chi connectivity index (χ3n) is 5.88. The monoisotopic (exact) mass is 397 g/mol. The highest BCUT2D eigenvalue weighted by molar-refractivity contribution is 6.44. The van der Waals surface area contributed by atoms with Crippen molar-refractivity contribution in [3.8, 4) is 0 Å². The molecule has 2 amide bonds. The van der Waals surface area contributed by atoms with Crippen LogP contribution < -0.4 is 0 Å². The molecular weight excluding hydrogens is 380 g/mol. The second-order valence-corrected chi connectivity index (χ2v) is 7.82. The molecule has 0 bridgehead atoms. The molecule has 0 unspecified atom stereocenters. The molecule has 3 heterocycles. The Morgan fingerprint density at radius 1 is 1.19 bits per heavy atom. The zero-order valence-electron chi connectivity index (χ0n) is 14.2. The predicted molar refractivity (Wildman–Crippen MR) is 98.1 cm³/mol. The van der Waals surface area contributed by atoms with Gasteiger partial charge in [0.05, 0.1) is 10.0 Å². The minimum absolute atomic E-state index is 0.0912. The van der Waals surface area contributed by atoms with Crippen LogP contribution in [-0.4, -0.2) is 52.3 Å². The van der Waals surface area contributed by atoms with E-state index in [2.05, 4.69) is 4.98 Å². The Morgan fingerprint density at radius 3 is 2.50 bits per heavy atom. The van der Waals surface area contributed by atoms with Crippen LogP contribution in [0.3, 0.4) is 0 Å². The first kappa shape index (κ1) is 17.6. The van der Waals surface area contributed by atoms with E-state index < -0.39 is 5.82 Å². The van der Waals surface area contributed by atoms with E-state index in [-0.39, 0.29) is 33.1 Å². The number of aromatic amines is 1. The van der Waals surface area contributed by atoms with Gasteiger partial charge in [0, 0.05) is 43.0 Å². The molecule has 0 saturated carbocycles. The minimum atomic E-state index is -0.576. The lowest BCUT2D eigenvalue weighted by Gasteiger charge is -2.43. The number of carbonyl (C=O) groups excluding carboxylic acids is 2. The maximum absolute atomic E-state index is 13.7. The number of halogens is 3. The summed E-state index contributed by atoms with van der Waals surface area (Å²) in [5, 5.41) is 0.376. The Labute approximate surface area is 160 Å². The van der Waals surface area contributed by atoms with Gasteiger partial charge in [-0.15, -0.1) is 0 Å². The molecule has 0 radical (unpaired) electrons. The summed E-state index contributed by atoms with van der Waals surface area (Å²) in [4.78, 5) is 31.3. The summed E-state index contributed by atoms with van der Waals surface area (Å²) < 4.78 is 13.7. The molecule has 2 fully saturated rings. The van der Waals surface area contributed by atoms with Gasteiger partial charge < -0.3 is 14.8 Å². The van der Waals surface area contributed by atoms with Crippen molar-refractivity contribution in [1.82, 2.24) is 14.8 Å². The SMILES string of the molecule is CN1C(=O)CCC12CCN(C(=O)c1[nH]c3ccc(F)c(Cl)c3c1Cl)CC2. The van der Waals surface area contributed by atoms with Crippen molar-refractivity contribution < 1.29 is 14.0 Å². The Hall–Kier alpha value is -1.79. The zero-order valence-corrected chi connectivity index (χ0v) is 15.8. The standard InChI is InChI=1S/C18H18Cl2FN3O2/c1-23-12(25)4-5-18(23)6-8-24(9-7-18)17(26)16-15(20)13-11(22-16)3-2-10(21)14(13)19/h2-3,22H,4-9H2,1H3. The van der Waals surface area contributed by atoms with Crippen molar-refractivity contribution in [2.75, 3.05) is 20.1 Å². The van der Waals surface area contributed by atoms with Crippen molar-refractivity contribution in [1.29, 1.82) is 0 Å². The van der Waals surface area contributed by atoms with Crippen LogP contribution in [0.4, 0.5) is 4.39 Å². The Morgan fingerprint density at radius 2 is 1.88 bits per heavy atom. The van der Waals surface area contributed by atoms with Crippen LogP contribution in [0.25, 0.3) is 10.9 Å². The average molecular weight is 398 g/mol. The summed E-state index contributed by atoms with van der Waals surface area (Å²) in [6.45, 7) is 1.09. The van der Waals surface area contributed by atoms with E-state index in [1.807, 2.05) is 11.9 Å². The fourth-order valence-electron chi connectivity index (χ4n) is 4.14. The van der Waals surface area contributed by atoms with E-state index in [0.29, 0.717) is 30.4 Å². The van der Waals surface area contributed by atoms with Crippen molar-refractivity contribution in [2.24, 2.45) is 0 Å². The lowest BCUT2D eigenvalue weighted by atomic mass is 9.85. The number of rotatable bonds is 1. The maximum atomic E-state index is 13.7. The van der Waals surface area contributed by atoms with E-state index in [0.717, 1.165) is 19.3 Å². The third-order valence-corrected chi connectivity index (χ3v) is 6.63. The minimum Gasteiger partial charge on any atom is -0.349 e. The molecule has 138 valence electrons. The van der Waals surface area contributed by atoms with E-state index in [9.17, 15) is 14.0 Å². The summed E-state index contributed by atoms with van der Waals surface area (Å²) in [6.07, 6.45) is 2.90. The number of H-pyrrole nitrogens is 1. The largest absolute Gasteiger partial charge is 0.349 e. The van der Waals surface area contributed by atoms with Crippen molar-refractivity contribution >= 4 is 45.9 Å². The van der Waals surface area contributed by atoms with Crippen LogP contribution in [0, 0.1) is 5.82 Å². The number of nitrogens with zero attached hydrogens (tertiary/aromatic N) is 2. The lowest BCUT2D eigenvalue weighted by molar-refractivity contribution is -0.130. The zero-order chi connectivity index (χ0) is 18.6. The molecule has 2 aliphatic rings. The summed E-state index contributed by atoms with van der Waals surface area (Å²) in [7, 11) is 1.85. The fourth-order valence-corrected chi connectivity index (χ4v) is 4.77. The molecule has 1 N–H and O–H groups in total. The van der Waals surface area contributed by atoms with E-state index >= 15 is 0 Å². The third kappa shape index (κ3) is 2.50. The van der Waals surface area contributed by atoms with Crippen molar-refractivity contribution in [3.63, 3.8) is 0 Å². The number of likely N-dealkylation sites (tertiary alicyclic amines) is 2. The average Bonchev–Trinajstić information content (AvgIpc) is 3.11. The number of hydrogen-bond acceptors (Lipinski definition) is 2.